The number of carbonyl (C=O) groups is 2. The standard InChI is InChI=1S/C19H19N5O2S/c1-23(12-18(25)22-15-5-3-4-6-16(15)27-2)19(26)14-7-8-17(21-11-14)24-10-9-20-13-24/h3-11,13H,12H2,1-2H3,(H,22,25). The van der Waals surface area contributed by atoms with Gasteiger partial charge in [-0.05, 0) is 30.5 Å². The predicted octanol–water partition coefficient (Wildman–Crippen LogP) is 2.70. The molecular formula is C19H19N5O2S. The summed E-state index contributed by atoms with van der Waals surface area (Å²) in [7, 11) is 1.59. The predicted molar refractivity (Wildman–Crippen MR) is 105 cm³/mol. The van der Waals surface area contributed by atoms with Crippen molar-refractivity contribution in [1.29, 1.82) is 0 Å². The van der Waals surface area contributed by atoms with Crippen molar-refractivity contribution in [3.8, 4) is 5.82 Å². The fourth-order valence-electron chi connectivity index (χ4n) is 2.51. The maximum atomic E-state index is 12.5. The van der Waals surface area contributed by atoms with Crippen LogP contribution in [0.4, 0.5) is 5.69 Å². The number of benzene rings is 1. The average molecular weight is 381 g/mol. The molecule has 2 amide bonds. The number of imidazole rings is 1. The van der Waals surface area contributed by atoms with E-state index in [-0.39, 0.29) is 18.4 Å². The molecule has 8 heteroatoms. The van der Waals surface area contributed by atoms with E-state index in [1.807, 2.05) is 30.5 Å². The summed E-state index contributed by atoms with van der Waals surface area (Å²) in [5.41, 5.74) is 1.15. The monoisotopic (exact) mass is 381 g/mol. The molecule has 2 heterocycles. The van der Waals surface area contributed by atoms with E-state index in [0.717, 1.165) is 10.6 Å². The Morgan fingerprint density at radius 2 is 2.04 bits per heavy atom. The number of nitrogens with one attached hydrogen (secondary N) is 1. The highest BCUT2D eigenvalue weighted by Crippen LogP contribution is 2.24. The van der Waals surface area contributed by atoms with Crippen LogP contribution in [-0.4, -0.2) is 51.1 Å². The molecule has 1 N–H and O–H groups in total. The number of aromatic nitrogens is 3. The van der Waals surface area contributed by atoms with Crippen molar-refractivity contribution >= 4 is 29.3 Å². The van der Waals surface area contributed by atoms with Crippen molar-refractivity contribution in [2.75, 3.05) is 25.2 Å². The highest BCUT2D eigenvalue weighted by Gasteiger charge is 2.16. The van der Waals surface area contributed by atoms with Gasteiger partial charge in [0.15, 0.2) is 0 Å². The minimum Gasteiger partial charge on any atom is -0.332 e. The molecule has 0 saturated heterocycles. The van der Waals surface area contributed by atoms with Crippen molar-refractivity contribution in [3.05, 3.63) is 66.9 Å². The molecule has 0 bridgehead atoms. The largest absolute Gasteiger partial charge is 0.332 e. The summed E-state index contributed by atoms with van der Waals surface area (Å²) < 4.78 is 1.74. The number of likely N-dealkylation sites (N-methyl/N-ethyl adjacent to an activating group) is 1. The van der Waals surface area contributed by atoms with E-state index < -0.39 is 0 Å². The molecular weight excluding hydrogens is 362 g/mol. The Kier molecular flexibility index (Phi) is 5.87. The Balaban J connectivity index is 1.62. The van der Waals surface area contributed by atoms with Crippen molar-refractivity contribution < 1.29 is 9.59 Å². The summed E-state index contributed by atoms with van der Waals surface area (Å²) in [6.45, 7) is -0.0508. The van der Waals surface area contributed by atoms with E-state index in [1.165, 1.54) is 11.1 Å². The zero-order valence-corrected chi connectivity index (χ0v) is 15.8. The van der Waals surface area contributed by atoms with Crippen LogP contribution in [0, 0.1) is 0 Å². The SMILES string of the molecule is CSc1ccccc1NC(=O)CN(C)C(=O)c1ccc(-n2ccnc2)nc1. The van der Waals surface area contributed by atoms with Crippen LogP contribution in [0.2, 0.25) is 0 Å². The molecule has 0 saturated carbocycles. The Bertz CT molecular complexity index is 926. The van der Waals surface area contributed by atoms with Crippen LogP contribution < -0.4 is 5.32 Å². The first-order valence-electron chi connectivity index (χ1n) is 8.21. The van der Waals surface area contributed by atoms with Gasteiger partial charge < -0.3 is 10.2 Å². The zero-order chi connectivity index (χ0) is 19.2. The molecule has 0 aliphatic rings. The minimum atomic E-state index is -0.270. The van der Waals surface area contributed by atoms with Crippen LogP contribution in [0.15, 0.2) is 66.2 Å². The number of anilines is 1. The quantitative estimate of drug-likeness (QED) is 0.664. The third-order valence-electron chi connectivity index (χ3n) is 3.87. The summed E-state index contributed by atoms with van der Waals surface area (Å²) in [6, 6.07) is 11.0. The molecule has 27 heavy (non-hydrogen) atoms. The molecule has 0 unspecified atom stereocenters. The van der Waals surface area contributed by atoms with Gasteiger partial charge in [-0.15, -0.1) is 11.8 Å². The van der Waals surface area contributed by atoms with Gasteiger partial charge in [0.1, 0.15) is 12.1 Å². The lowest BCUT2D eigenvalue weighted by Crippen LogP contribution is -2.35. The van der Waals surface area contributed by atoms with Gasteiger partial charge in [0, 0.05) is 30.5 Å². The van der Waals surface area contributed by atoms with Gasteiger partial charge in [0.2, 0.25) is 5.91 Å². The summed E-state index contributed by atoms with van der Waals surface area (Å²) in [5.74, 6) is 0.140. The Morgan fingerprint density at radius 1 is 1.22 bits per heavy atom. The van der Waals surface area contributed by atoms with E-state index in [2.05, 4.69) is 15.3 Å². The molecule has 0 aliphatic heterocycles. The van der Waals surface area contributed by atoms with E-state index in [4.69, 9.17) is 0 Å². The number of nitrogens with zero attached hydrogens (tertiary/aromatic N) is 4. The summed E-state index contributed by atoms with van der Waals surface area (Å²) in [6.07, 6.45) is 8.50. The number of pyridine rings is 1. The Labute approximate surface area is 161 Å². The van der Waals surface area contributed by atoms with E-state index in [1.54, 1.807) is 54.2 Å². The number of hydrogen-bond acceptors (Lipinski definition) is 5. The maximum Gasteiger partial charge on any atom is 0.255 e. The van der Waals surface area contributed by atoms with E-state index in [9.17, 15) is 9.59 Å². The Morgan fingerprint density at radius 3 is 2.70 bits per heavy atom. The second-order valence-electron chi connectivity index (χ2n) is 5.78. The first kappa shape index (κ1) is 18.7. The van der Waals surface area contributed by atoms with Gasteiger partial charge in [-0.25, -0.2) is 9.97 Å². The second kappa shape index (κ2) is 8.50. The van der Waals surface area contributed by atoms with Crippen LogP contribution in [0.3, 0.4) is 0 Å². The molecule has 3 rings (SSSR count). The van der Waals surface area contributed by atoms with Crippen molar-refractivity contribution in [2.45, 2.75) is 4.90 Å². The molecule has 0 spiro atoms. The van der Waals surface area contributed by atoms with Crippen molar-refractivity contribution in [3.63, 3.8) is 0 Å². The maximum absolute atomic E-state index is 12.5. The molecule has 138 valence electrons. The molecule has 0 fully saturated rings. The number of rotatable bonds is 6. The molecule has 3 aromatic rings. The van der Waals surface area contributed by atoms with Crippen LogP contribution in [-0.2, 0) is 4.79 Å². The third-order valence-corrected chi connectivity index (χ3v) is 4.67. The van der Waals surface area contributed by atoms with Crippen LogP contribution in [0.5, 0.6) is 0 Å². The van der Waals surface area contributed by atoms with Gasteiger partial charge in [-0.1, -0.05) is 12.1 Å². The number of carbonyl (C=O) groups excluding carboxylic acids is 2. The molecule has 2 aromatic heterocycles. The number of thioether (sulfide) groups is 1. The van der Waals surface area contributed by atoms with Crippen LogP contribution in [0.25, 0.3) is 5.82 Å². The fraction of sp³-hybridized carbons (Fsp3) is 0.158. The highest BCUT2D eigenvalue weighted by molar-refractivity contribution is 7.98. The number of amides is 2. The first-order valence-corrected chi connectivity index (χ1v) is 9.43. The van der Waals surface area contributed by atoms with Gasteiger partial charge in [-0.2, -0.15) is 0 Å². The molecule has 0 radical (unpaired) electrons. The van der Waals surface area contributed by atoms with E-state index in [0.29, 0.717) is 11.4 Å². The lowest BCUT2D eigenvalue weighted by atomic mass is 10.2. The van der Waals surface area contributed by atoms with Gasteiger partial charge in [0.25, 0.3) is 5.91 Å². The minimum absolute atomic E-state index is 0.0508. The lowest BCUT2D eigenvalue weighted by molar-refractivity contribution is -0.116. The Hall–Kier alpha value is -3.13. The topological polar surface area (TPSA) is 80.1 Å². The fourth-order valence-corrected chi connectivity index (χ4v) is 3.06. The smallest absolute Gasteiger partial charge is 0.255 e. The average Bonchev–Trinajstić information content (AvgIpc) is 3.22. The number of hydrogen-bond donors (Lipinski definition) is 1. The molecule has 1 aromatic carbocycles. The van der Waals surface area contributed by atoms with Crippen molar-refractivity contribution in [2.24, 2.45) is 0 Å². The summed E-state index contributed by atoms with van der Waals surface area (Å²) >= 11 is 1.55. The first-order chi connectivity index (χ1) is 13.1. The molecule has 7 nitrogen and oxygen atoms in total. The van der Waals surface area contributed by atoms with Crippen LogP contribution in [0.1, 0.15) is 10.4 Å². The molecule has 0 aliphatic carbocycles. The van der Waals surface area contributed by atoms with E-state index >= 15 is 0 Å². The highest BCUT2D eigenvalue weighted by atomic mass is 32.2. The lowest BCUT2D eigenvalue weighted by Gasteiger charge is -2.17. The van der Waals surface area contributed by atoms with Gasteiger partial charge in [-0.3, -0.25) is 14.2 Å². The zero-order valence-electron chi connectivity index (χ0n) is 15.0. The summed E-state index contributed by atoms with van der Waals surface area (Å²) in [4.78, 5) is 35.4. The molecule has 0 atom stereocenters. The normalized spacial score (nSPS) is 10.4. The third kappa shape index (κ3) is 4.53. The van der Waals surface area contributed by atoms with Crippen LogP contribution >= 0.6 is 11.8 Å². The van der Waals surface area contributed by atoms with Crippen molar-refractivity contribution in [1.82, 2.24) is 19.4 Å². The summed E-state index contributed by atoms with van der Waals surface area (Å²) in [5, 5.41) is 2.85. The van der Waals surface area contributed by atoms with Gasteiger partial charge >= 0.3 is 0 Å². The van der Waals surface area contributed by atoms with Gasteiger partial charge in [0.05, 0.1) is 17.8 Å². The second-order valence-corrected chi connectivity index (χ2v) is 6.63. The number of para-hydroxylation sites is 1.